The van der Waals surface area contributed by atoms with E-state index in [1.54, 1.807) is 19.1 Å². The number of rotatable bonds is 5. The molecule has 0 unspecified atom stereocenters. The highest BCUT2D eigenvalue weighted by Crippen LogP contribution is 2.38. The molecule has 0 N–H and O–H groups in total. The van der Waals surface area contributed by atoms with Crippen LogP contribution in [0.5, 0.6) is 11.5 Å². The third kappa shape index (κ3) is 4.25. The Morgan fingerprint density at radius 1 is 1.22 bits per heavy atom. The molecular weight excluding hydrogens is 450 g/mol. The van der Waals surface area contributed by atoms with E-state index in [1.165, 1.54) is 24.3 Å². The third-order valence-corrected chi connectivity index (χ3v) is 5.02. The van der Waals surface area contributed by atoms with Crippen LogP contribution in [0.2, 0.25) is 0 Å². The van der Waals surface area contributed by atoms with Crippen LogP contribution in [0.1, 0.15) is 12.5 Å². The van der Waals surface area contributed by atoms with Gasteiger partial charge in [0.05, 0.1) is 22.7 Å². The van der Waals surface area contributed by atoms with Gasteiger partial charge < -0.3 is 8.92 Å². The molecule has 120 valence electrons. The summed E-state index contributed by atoms with van der Waals surface area (Å²) in [5.41, 5.74) is 0.326. The van der Waals surface area contributed by atoms with Crippen molar-refractivity contribution in [2.24, 2.45) is 0 Å². The Hall–Kier alpha value is -1.56. The zero-order chi connectivity index (χ0) is 17.0. The van der Waals surface area contributed by atoms with Crippen LogP contribution in [0.3, 0.4) is 0 Å². The minimum Gasteiger partial charge on any atom is -0.490 e. The largest absolute Gasteiger partial charge is 0.490 e. The summed E-state index contributed by atoms with van der Waals surface area (Å²) in [5, 5.41) is 9.00. The van der Waals surface area contributed by atoms with Crippen LogP contribution in [0.4, 0.5) is 0 Å². The Morgan fingerprint density at radius 2 is 1.96 bits per heavy atom. The van der Waals surface area contributed by atoms with Gasteiger partial charge >= 0.3 is 10.1 Å². The van der Waals surface area contributed by atoms with Gasteiger partial charge in [-0.2, -0.15) is 13.7 Å². The predicted octanol–water partition coefficient (Wildman–Crippen LogP) is 4.25. The highest BCUT2D eigenvalue weighted by atomic mass is 79.9. The first-order valence-electron chi connectivity index (χ1n) is 6.44. The first kappa shape index (κ1) is 17.8. The zero-order valence-electron chi connectivity index (χ0n) is 11.9. The van der Waals surface area contributed by atoms with Gasteiger partial charge in [0.15, 0.2) is 11.5 Å². The molecule has 0 atom stereocenters. The molecule has 0 fully saturated rings. The average Bonchev–Trinajstić information content (AvgIpc) is 2.50. The van der Waals surface area contributed by atoms with Gasteiger partial charge in [0, 0.05) is 10.5 Å². The Bertz CT molecular complexity index is 876. The summed E-state index contributed by atoms with van der Waals surface area (Å²) in [5.74, 6) is 0.183. The van der Waals surface area contributed by atoms with Crippen LogP contribution in [0.25, 0.3) is 0 Å². The lowest BCUT2D eigenvalue weighted by Crippen LogP contribution is -2.11. The van der Waals surface area contributed by atoms with Gasteiger partial charge in [-0.05, 0) is 47.1 Å². The molecule has 5 nitrogen and oxygen atoms in total. The molecule has 0 saturated heterocycles. The first-order valence-corrected chi connectivity index (χ1v) is 9.43. The Balaban J connectivity index is 2.49. The number of nitrogens with zero attached hydrogens (tertiary/aromatic N) is 1. The van der Waals surface area contributed by atoms with Crippen molar-refractivity contribution in [2.45, 2.75) is 11.8 Å². The predicted molar refractivity (Wildman–Crippen MR) is 92.0 cm³/mol. The van der Waals surface area contributed by atoms with E-state index in [0.717, 1.165) is 0 Å². The second-order valence-electron chi connectivity index (χ2n) is 4.32. The molecule has 0 aliphatic carbocycles. The van der Waals surface area contributed by atoms with Crippen molar-refractivity contribution in [1.82, 2.24) is 0 Å². The van der Waals surface area contributed by atoms with Crippen molar-refractivity contribution in [3.05, 3.63) is 50.9 Å². The van der Waals surface area contributed by atoms with E-state index in [-0.39, 0.29) is 16.4 Å². The van der Waals surface area contributed by atoms with Crippen LogP contribution in [-0.4, -0.2) is 15.0 Å². The first-order chi connectivity index (χ1) is 10.9. The zero-order valence-corrected chi connectivity index (χ0v) is 15.9. The van der Waals surface area contributed by atoms with Crippen LogP contribution >= 0.6 is 31.9 Å². The molecule has 0 aliphatic rings. The molecular formula is C15H11Br2NO4S. The van der Waals surface area contributed by atoms with Crippen molar-refractivity contribution in [1.29, 1.82) is 5.26 Å². The molecule has 0 aliphatic heterocycles. The maximum absolute atomic E-state index is 12.4. The van der Waals surface area contributed by atoms with Crippen molar-refractivity contribution in [3.63, 3.8) is 0 Å². The average molecular weight is 461 g/mol. The molecule has 0 heterocycles. The van der Waals surface area contributed by atoms with E-state index >= 15 is 0 Å². The van der Waals surface area contributed by atoms with Gasteiger partial charge in [0.1, 0.15) is 4.90 Å². The van der Waals surface area contributed by atoms with E-state index in [4.69, 9.17) is 14.2 Å². The Kier molecular flexibility index (Phi) is 5.68. The molecule has 0 radical (unpaired) electrons. The lowest BCUT2D eigenvalue weighted by Gasteiger charge is -2.14. The molecule has 0 aromatic heterocycles. The lowest BCUT2D eigenvalue weighted by atomic mass is 10.2. The SMILES string of the molecule is CCOc1cc(C#N)cc(Br)c1OS(=O)(=O)c1cccc(Br)c1. The van der Waals surface area contributed by atoms with Crippen molar-refractivity contribution in [2.75, 3.05) is 6.61 Å². The summed E-state index contributed by atoms with van der Waals surface area (Å²) < 4.78 is 36.4. The van der Waals surface area contributed by atoms with Gasteiger partial charge in [-0.1, -0.05) is 22.0 Å². The smallest absolute Gasteiger partial charge is 0.339 e. The van der Waals surface area contributed by atoms with Crippen molar-refractivity contribution in [3.8, 4) is 17.6 Å². The van der Waals surface area contributed by atoms with Gasteiger partial charge in [-0.15, -0.1) is 0 Å². The molecule has 23 heavy (non-hydrogen) atoms. The normalized spacial score (nSPS) is 10.9. The highest BCUT2D eigenvalue weighted by molar-refractivity contribution is 9.10. The second-order valence-corrected chi connectivity index (χ2v) is 7.64. The van der Waals surface area contributed by atoms with Crippen molar-refractivity contribution >= 4 is 42.0 Å². The van der Waals surface area contributed by atoms with E-state index in [0.29, 0.717) is 21.1 Å². The van der Waals surface area contributed by atoms with Crippen LogP contribution < -0.4 is 8.92 Å². The number of hydrogen-bond acceptors (Lipinski definition) is 5. The fourth-order valence-electron chi connectivity index (χ4n) is 1.76. The van der Waals surface area contributed by atoms with Crippen LogP contribution in [0.15, 0.2) is 50.2 Å². The standard InChI is InChI=1S/C15H11Br2NO4S/c1-2-21-14-7-10(9-18)6-13(17)15(14)22-23(19,20)12-5-3-4-11(16)8-12/h3-8H,2H2,1H3. The molecule has 0 bridgehead atoms. The summed E-state index contributed by atoms with van der Waals surface area (Å²) in [6.45, 7) is 2.05. The lowest BCUT2D eigenvalue weighted by molar-refractivity contribution is 0.327. The van der Waals surface area contributed by atoms with E-state index < -0.39 is 10.1 Å². The van der Waals surface area contributed by atoms with Crippen LogP contribution in [0, 0.1) is 11.3 Å². The monoisotopic (exact) mass is 459 g/mol. The minimum atomic E-state index is -4.04. The summed E-state index contributed by atoms with van der Waals surface area (Å²) in [7, 11) is -4.04. The molecule has 2 aromatic carbocycles. The number of ether oxygens (including phenoxy) is 1. The Morgan fingerprint density at radius 3 is 2.57 bits per heavy atom. The molecule has 2 rings (SSSR count). The topological polar surface area (TPSA) is 76.4 Å². The molecule has 2 aromatic rings. The molecule has 0 saturated carbocycles. The van der Waals surface area contributed by atoms with E-state index in [9.17, 15) is 8.42 Å². The van der Waals surface area contributed by atoms with Gasteiger partial charge in [-0.3, -0.25) is 0 Å². The van der Waals surface area contributed by atoms with Crippen molar-refractivity contribution < 1.29 is 17.3 Å². The fourth-order valence-corrected chi connectivity index (χ4v) is 3.94. The fraction of sp³-hybridized carbons (Fsp3) is 0.133. The Labute approximate surface area is 151 Å². The molecule has 0 spiro atoms. The molecule has 0 amide bonds. The van der Waals surface area contributed by atoms with Gasteiger partial charge in [0.25, 0.3) is 0 Å². The summed E-state index contributed by atoms with van der Waals surface area (Å²) >= 11 is 6.44. The van der Waals surface area contributed by atoms with Gasteiger partial charge in [0.2, 0.25) is 0 Å². The summed E-state index contributed by atoms with van der Waals surface area (Å²) in [6.07, 6.45) is 0. The van der Waals surface area contributed by atoms with Crippen LogP contribution in [-0.2, 0) is 10.1 Å². The molecule has 8 heteroatoms. The van der Waals surface area contributed by atoms with E-state index in [1.807, 2.05) is 6.07 Å². The van der Waals surface area contributed by atoms with E-state index in [2.05, 4.69) is 31.9 Å². The number of benzene rings is 2. The minimum absolute atomic E-state index is 0.00517. The summed E-state index contributed by atoms with van der Waals surface area (Å²) in [4.78, 5) is 0.00517. The number of nitriles is 1. The highest BCUT2D eigenvalue weighted by Gasteiger charge is 2.22. The number of hydrogen-bond donors (Lipinski definition) is 0. The summed E-state index contributed by atoms with van der Waals surface area (Å²) in [6, 6.07) is 11.0. The third-order valence-electron chi connectivity index (χ3n) is 2.72. The quantitative estimate of drug-likeness (QED) is 0.623. The van der Waals surface area contributed by atoms with Gasteiger partial charge in [-0.25, -0.2) is 0 Å². The maximum Gasteiger partial charge on any atom is 0.339 e. The second kappa shape index (κ2) is 7.34. The maximum atomic E-state index is 12.4. The number of halogens is 2.